The van der Waals surface area contributed by atoms with Gasteiger partial charge in [0.15, 0.2) is 0 Å². The monoisotopic (exact) mass is 240 g/mol. The average molecular weight is 241 g/mol. The summed E-state index contributed by atoms with van der Waals surface area (Å²) in [5, 5.41) is 5.43. The van der Waals surface area contributed by atoms with E-state index in [1.807, 2.05) is 32.0 Å². The Hall–Kier alpha value is -0.990. The Labute approximate surface area is 98.4 Å². The number of hydrogen-bond donors (Lipinski definition) is 0. The van der Waals surface area contributed by atoms with Crippen LogP contribution < -0.4 is 0 Å². The van der Waals surface area contributed by atoms with Crippen LogP contribution in [-0.2, 0) is 0 Å². The first kappa shape index (κ1) is 10.5. The topological polar surface area (TPSA) is 17.8 Å². The van der Waals surface area contributed by atoms with E-state index in [1.54, 1.807) is 10.7 Å². The summed E-state index contributed by atoms with van der Waals surface area (Å²) in [4.78, 5) is 0. The number of benzene rings is 1. The van der Waals surface area contributed by atoms with E-state index >= 15 is 0 Å². The maximum atomic E-state index is 6.12. The second kappa shape index (κ2) is 3.87. The van der Waals surface area contributed by atoms with Crippen molar-refractivity contribution in [2.24, 2.45) is 0 Å². The molecule has 0 amide bonds. The molecule has 4 heteroatoms. The van der Waals surface area contributed by atoms with Gasteiger partial charge < -0.3 is 0 Å². The Bertz CT molecular complexity index is 503. The van der Waals surface area contributed by atoms with Gasteiger partial charge in [-0.15, -0.1) is 0 Å². The Morgan fingerprint density at radius 3 is 2.53 bits per heavy atom. The SMILES string of the molecule is Cc1cc(C)n(-c2cccc(Cl)c2Cl)n1. The molecule has 0 spiro atoms. The summed E-state index contributed by atoms with van der Waals surface area (Å²) in [5.41, 5.74) is 2.81. The average Bonchev–Trinajstić information content (AvgIpc) is 2.50. The molecule has 0 bridgehead atoms. The molecule has 0 unspecified atom stereocenters. The van der Waals surface area contributed by atoms with Crippen molar-refractivity contribution in [3.8, 4) is 5.69 Å². The Morgan fingerprint density at radius 2 is 1.93 bits per heavy atom. The van der Waals surface area contributed by atoms with Gasteiger partial charge in [-0.3, -0.25) is 0 Å². The van der Waals surface area contributed by atoms with Gasteiger partial charge in [-0.25, -0.2) is 4.68 Å². The van der Waals surface area contributed by atoms with Crippen LogP contribution in [0.25, 0.3) is 5.69 Å². The first-order valence-corrected chi connectivity index (χ1v) is 5.33. The third kappa shape index (κ3) is 1.87. The van der Waals surface area contributed by atoms with Crippen LogP contribution in [-0.4, -0.2) is 9.78 Å². The fourth-order valence-corrected chi connectivity index (χ4v) is 1.90. The van der Waals surface area contributed by atoms with E-state index in [2.05, 4.69) is 5.10 Å². The molecule has 78 valence electrons. The summed E-state index contributed by atoms with van der Waals surface area (Å²) in [6, 6.07) is 7.52. The van der Waals surface area contributed by atoms with Gasteiger partial charge in [-0.2, -0.15) is 5.10 Å². The minimum atomic E-state index is 0.533. The van der Waals surface area contributed by atoms with Gasteiger partial charge in [0.2, 0.25) is 0 Å². The molecule has 0 fully saturated rings. The minimum absolute atomic E-state index is 0.533. The van der Waals surface area contributed by atoms with Crippen molar-refractivity contribution in [1.29, 1.82) is 0 Å². The third-order valence-electron chi connectivity index (χ3n) is 2.17. The molecule has 0 saturated carbocycles. The zero-order valence-electron chi connectivity index (χ0n) is 8.46. The molecule has 1 heterocycles. The first-order chi connectivity index (χ1) is 7.09. The molecule has 0 aliphatic heterocycles. The largest absolute Gasteiger partial charge is 0.236 e. The first-order valence-electron chi connectivity index (χ1n) is 4.57. The van der Waals surface area contributed by atoms with E-state index in [-0.39, 0.29) is 0 Å². The molecule has 2 nitrogen and oxygen atoms in total. The van der Waals surface area contributed by atoms with Gasteiger partial charge >= 0.3 is 0 Å². The van der Waals surface area contributed by atoms with Crippen molar-refractivity contribution in [3.05, 3.63) is 45.7 Å². The van der Waals surface area contributed by atoms with Crippen LogP contribution in [0.5, 0.6) is 0 Å². The van der Waals surface area contributed by atoms with Crippen molar-refractivity contribution < 1.29 is 0 Å². The third-order valence-corrected chi connectivity index (χ3v) is 2.98. The summed E-state index contributed by atoms with van der Waals surface area (Å²) in [6.07, 6.45) is 0. The second-order valence-electron chi connectivity index (χ2n) is 3.41. The van der Waals surface area contributed by atoms with Gasteiger partial charge in [0.05, 0.1) is 21.4 Å². The summed E-state index contributed by atoms with van der Waals surface area (Å²) in [6.45, 7) is 3.93. The van der Waals surface area contributed by atoms with Crippen molar-refractivity contribution in [2.45, 2.75) is 13.8 Å². The number of hydrogen-bond acceptors (Lipinski definition) is 1. The molecule has 2 rings (SSSR count). The summed E-state index contributed by atoms with van der Waals surface area (Å²) >= 11 is 12.1. The molecule has 2 aromatic rings. The quantitative estimate of drug-likeness (QED) is 0.742. The van der Waals surface area contributed by atoms with Crippen LogP contribution in [0.2, 0.25) is 10.0 Å². The van der Waals surface area contributed by atoms with Crippen LogP contribution in [0.3, 0.4) is 0 Å². The summed E-state index contributed by atoms with van der Waals surface area (Å²) in [5.74, 6) is 0. The van der Waals surface area contributed by atoms with Crippen LogP contribution in [0.4, 0.5) is 0 Å². The zero-order valence-corrected chi connectivity index (χ0v) is 9.97. The molecule has 0 atom stereocenters. The van der Waals surface area contributed by atoms with Crippen molar-refractivity contribution in [3.63, 3.8) is 0 Å². The van der Waals surface area contributed by atoms with E-state index in [1.165, 1.54) is 0 Å². The minimum Gasteiger partial charge on any atom is -0.236 e. The fourth-order valence-electron chi connectivity index (χ4n) is 1.53. The van der Waals surface area contributed by atoms with Crippen LogP contribution in [0.1, 0.15) is 11.4 Å². The lowest BCUT2D eigenvalue weighted by atomic mass is 10.3. The molecule has 1 aromatic carbocycles. The molecule has 0 radical (unpaired) electrons. The fraction of sp³-hybridized carbons (Fsp3) is 0.182. The molecule has 0 aliphatic rings. The van der Waals surface area contributed by atoms with E-state index < -0.39 is 0 Å². The number of nitrogens with zero attached hydrogens (tertiary/aromatic N) is 2. The van der Waals surface area contributed by atoms with Crippen molar-refractivity contribution >= 4 is 23.2 Å². The van der Waals surface area contributed by atoms with Gasteiger partial charge in [0.1, 0.15) is 0 Å². The molecule has 15 heavy (non-hydrogen) atoms. The second-order valence-corrected chi connectivity index (χ2v) is 4.20. The van der Waals surface area contributed by atoms with E-state index in [4.69, 9.17) is 23.2 Å². The Kier molecular flexibility index (Phi) is 2.72. The highest BCUT2D eigenvalue weighted by molar-refractivity contribution is 6.43. The molecule has 0 aliphatic carbocycles. The maximum Gasteiger partial charge on any atom is 0.0850 e. The van der Waals surface area contributed by atoms with E-state index in [9.17, 15) is 0 Å². The van der Waals surface area contributed by atoms with Gasteiger partial charge in [0.25, 0.3) is 0 Å². The standard InChI is InChI=1S/C11H10Cl2N2/c1-7-6-8(2)15(14-7)10-5-3-4-9(12)11(10)13/h3-6H,1-2H3. The predicted octanol–water partition coefficient (Wildman–Crippen LogP) is 3.80. The van der Waals surface area contributed by atoms with Gasteiger partial charge in [-0.1, -0.05) is 29.3 Å². The number of aromatic nitrogens is 2. The van der Waals surface area contributed by atoms with Gasteiger partial charge in [0, 0.05) is 5.69 Å². The summed E-state index contributed by atoms with van der Waals surface area (Å²) in [7, 11) is 0. The maximum absolute atomic E-state index is 6.12. The zero-order chi connectivity index (χ0) is 11.0. The molecule has 1 aromatic heterocycles. The molecule has 0 saturated heterocycles. The van der Waals surface area contributed by atoms with Crippen LogP contribution in [0, 0.1) is 13.8 Å². The van der Waals surface area contributed by atoms with Crippen LogP contribution in [0.15, 0.2) is 24.3 Å². The highest BCUT2D eigenvalue weighted by atomic mass is 35.5. The Balaban J connectivity index is 2.64. The van der Waals surface area contributed by atoms with E-state index in [0.29, 0.717) is 10.0 Å². The Morgan fingerprint density at radius 1 is 1.20 bits per heavy atom. The summed E-state index contributed by atoms with van der Waals surface area (Å²) < 4.78 is 1.80. The molecule has 0 N–H and O–H groups in total. The number of rotatable bonds is 1. The van der Waals surface area contributed by atoms with Crippen LogP contribution >= 0.6 is 23.2 Å². The highest BCUT2D eigenvalue weighted by Gasteiger charge is 2.09. The highest BCUT2D eigenvalue weighted by Crippen LogP contribution is 2.28. The number of aryl methyl sites for hydroxylation is 2. The number of halogens is 2. The normalized spacial score (nSPS) is 10.7. The van der Waals surface area contributed by atoms with Crippen molar-refractivity contribution in [1.82, 2.24) is 9.78 Å². The lowest BCUT2D eigenvalue weighted by Gasteiger charge is -2.07. The lowest BCUT2D eigenvalue weighted by molar-refractivity contribution is 0.834. The molecular weight excluding hydrogens is 231 g/mol. The smallest absolute Gasteiger partial charge is 0.0850 e. The lowest BCUT2D eigenvalue weighted by Crippen LogP contribution is -1.99. The van der Waals surface area contributed by atoms with Crippen molar-refractivity contribution in [2.75, 3.05) is 0 Å². The predicted molar refractivity (Wildman–Crippen MR) is 63.1 cm³/mol. The van der Waals surface area contributed by atoms with E-state index in [0.717, 1.165) is 17.1 Å². The molecular formula is C11H10Cl2N2. The van der Waals surface area contributed by atoms with Gasteiger partial charge in [-0.05, 0) is 32.0 Å².